The molecule has 0 radical (unpaired) electrons. The largest absolute Gasteiger partial charge is 0.478 e. The van der Waals surface area contributed by atoms with Crippen LogP contribution in [0.25, 0.3) is 28.4 Å². The van der Waals surface area contributed by atoms with Crippen LogP contribution in [0.3, 0.4) is 0 Å². The SMILES string of the molecule is O=C(O)/C(=C/c1ccc(-c2ccc(C(=O)O)cc2)o1)Sc1nc2ccccc2[nH]1. The van der Waals surface area contributed by atoms with Crippen molar-refractivity contribution >= 4 is 40.8 Å². The third-order valence-electron chi connectivity index (χ3n) is 4.10. The van der Waals surface area contributed by atoms with E-state index < -0.39 is 11.9 Å². The van der Waals surface area contributed by atoms with Crippen LogP contribution in [0.4, 0.5) is 0 Å². The number of hydrogen-bond acceptors (Lipinski definition) is 5. The number of para-hydroxylation sites is 2. The molecule has 0 fully saturated rings. The lowest BCUT2D eigenvalue weighted by Gasteiger charge is -1.99. The van der Waals surface area contributed by atoms with Gasteiger partial charge in [-0.05, 0) is 48.2 Å². The Bertz CT molecular complexity index is 1200. The normalized spacial score (nSPS) is 11.7. The predicted molar refractivity (Wildman–Crippen MR) is 109 cm³/mol. The third kappa shape index (κ3) is 4.07. The summed E-state index contributed by atoms with van der Waals surface area (Å²) < 4.78 is 5.72. The first-order valence-corrected chi connectivity index (χ1v) is 9.32. The van der Waals surface area contributed by atoms with Crippen molar-refractivity contribution in [2.75, 3.05) is 0 Å². The van der Waals surface area contributed by atoms with E-state index in [1.165, 1.54) is 18.2 Å². The molecule has 4 rings (SSSR count). The Kier molecular flexibility index (Phi) is 4.92. The van der Waals surface area contributed by atoms with Crippen LogP contribution in [0.5, 0.6) is 0 Å². The summed E-state index contributed by atoms with van der Waals surface area (Å²) in [5, 5.41) is 19.0. The summed E-state index contributed by atoms with van der Waals surface area (Å²) in [6, 6.07) is 17.0. The fraction of sp³-hybridized carbons (Fsp3) is 0. The van der Waals surface area contributed by atoms with E-state index in [1.807, 2.05) is 24.3 Å². The van der Waals surface area contributed by atoms with E-state index in [0.29, 0.717) is 22.2 Å². The third-order valence-corrected chi connectivity index (χ3v) is 5.00. The highest BCUT2D eigenvalue weighted by Gasteiger charge is 2.14. The lowest BCUT2D eigenvalue weighted by molar-refractivity contribution is -0.131. The van der Waals surface area contributed by atoms with Gasteiger partial charge < -0.3 is 19.6 Å². The Morgan fingerprint density at radius 3 is 2.45 bits per heavy atom. The Morgan fingerprint density at radius 1 is 1.00 bits per heavy atom. The number of furan rings is 1. The van der Waals surface area contributed by atoms with Gasteiger partial charge in [-0.15, -0.1) is 0 Å². The van der Waals surface area contributed by atoms with Crippen LogP contribution in [-0.2, 0) is 4.79 Å². The van der Waals surface area contributed by atoms with Crippen LogP contribution in [-0.4, -0.2) is 32.1 Å². The molecule has 4 aromatic rings. The molecule has 0 aliphatic heterocycles. The van der Waals surface area contributed by atoms with Gasteiger partial charge >= 0.3 is 11.9 Å². The molecule has 2 aromatic carbocycles. The van der Waals surface area contributed by atoms with Crippen molar-refractivity contribution in [2.24, 2.45) is 0 Å². The minimum Gasteiger partial charge on any atom is -0.478 e. The molecule has 29 heavy (non-hydrogen) atoms. The molecule has 2 aromatic heterocycles. The number of fused-ring (bicyclic) bond motifs is 1. The minimum absolute atomic E-state index is 0.0474. The maximum atomic E-state index is 11.7. The van der Waals surface area contributed by atoms with Crippen LogP contribution in [0, 0.1) is 0 Å². The number of carbonyl (C=O) groups is 2. The highest BCUT2D eigenvalue weighted by Crippen LogP contribution is 2.30. The molecule has 0 aliphatic carbocycles. The summed E-state index contributed by atoms with van der Waals surface area (Å²) in [6.07, 6.45) is 1.43. The van der Waals surface area contributed by atoms with E-state index in [1.54, 1.807) is 24.3 Å². The van der Waals surface area contributed by atoms with E-state index in [4.69, 9.17) is 9.52 Å². The van der Waals surface area contributed by atoms with Gasteiger partial charge in [0, 0.05) is 11.6 Å². The average molecular weight is 406 g/mol. The van der Waals surface area contributed by atoms with Crippen molar-refractivity contribution in [3.05, 3.63) is 76.9 Å². The smallest absolute Gasteiger partial charge is 0.342 e. The van der Waals surface area contributed by atoms with Crippen LogP contribution >= 0.6 is 11.8 Å². The fourth-order valence-corrected chi connectivity index (χ4v) is 3.48. The first-order valence-electron chi connectivity index (χ1n) is 8.51. The molecular weight excluding hydrogens is 392 g/mol. The molecule has 2 heterocycles. The molecule has 8 heteroatoms. The standard InChI is InChI=1S/C21H14N2O5S/c24-19(25)13-7-5-12(6-8-13)17-10-9-14(28-17)11-18(20(26)27)29-21-22-15-3-1-2-4-16(15)23-21/h1-11H,(H,22,23)(H,24,25)(H,26,27)/b18-11-. The van der Waals surface area contributed by atoms with Crippen molar-refractivity contribution in [3.8, 4) is 11.3 Å². The molecule has 0 spiro atoms. The number of aromatic carboxylic acids is 1. The number of rotatable bonds is 6. The summed E-state index contributed by atoms with van der Waals surface area (Å²) in [7, 11) is 0. The molecule has 0 saturated carbocycles. The van der Waals surface area contributed by atoms with Crippen LogP contribution < -0.4 is 0 Å². The molecule has 7 nitrogen and oxygen atoms in total. The van der Waals surface area contributed by atoms with Gasteiger partial charge in [-0.1, -0.05) is 24.3 Å². The molecule has 0 unspecified atom stereocenters. The molecule has 0 atom stereocenters. The van der Waals surface area contributed by atoms with Crippen molar-refractivity contribution in [3.63, 3.8) is 0 Å². The number of thioether (sulfide) groups is 1. The van der Waals surface area contributed by atoms with Crippen molar-refractivity contribution < 1.29 is 24.2 Å². The van der Waals surface area contributed by atoms with Crippen LogP contribution in [0.15, 0.2) is 75.1 Å². The maximum absolute atomic E-state index is 11.7. The van der Waals surface area contributed by atoms with Gasteiger partial charge in [0.15, 0.2) is 5.16 Å². The maximum Gasteiger partial charge on any atom is 0.342 e. The average Bonchev–Trinajstić information content (AvgIpc) is 3.34. The number of nitrogens with one attached hydrogen (secondary N) is 1. The lowest BCUT2D eigenvalue weighted by Crippen LogP contribution is -1.96. The Labute approximate surface area is 168 Å². The quantitative estimate of drug-likeness (QED) is 0.313. The molecule has 3 N–H and O–H groups in total. The number of imidazole rings is 1. The number of aromatic amines is 1. The van der Waals surface area contributed by atoms with Crippen molar-refractivity contribution in [1.29, 1.82) is 0 Å². The molecular formula is C21H14N2O5S. The van der Waals surface area contributed by atoms with Gasteiger partial charge in [0.2, 0.25) is 0 Å². The van der Waals surface area contributed by atoms with E-state index in [-0.39, 0.29) is 10.5 Å². The molecule has 0 bridgehead atoms. The second-order valence-corrected chi connectivity index (χ2v) is 7.09. The van der Waals surface area contributed by atoms with Gasteiger partial charge in [0.25, 0.3) is 0 Å². The Morgan fingerprint density at radius 2 is 1.76 bits per heavy atom. The van der Waals surface area contributed by atoms with E-state index in [9.17, 15) is 14.7 Å². The van der Waals surface area contributed by atoms with E-state index in [2.05, 4.69) is 9.97 Å². The number of nitrogens with zero attached hydrogens (tertiary/aromatic N) is 1. The Balaban J connectivity index is 1.59. The van der Waals surface area contributed by atoms with Crippen molar-refractivity contribution in [1.82, 2.24) is 9.97 Å². The monoisotopic (exact) mass is 406 g/mol. The molecule has 0 saturated heterocycles. The highest BCUT2D eigenvalue weighted by atomic mass is 32.2. The molecule has 144 valence electrons. The van der Waals surface area contributed by atoms with Crippen LogP contribution in [0.1, 0.15) is 16.1 Å². The van der Waals surface area contributed by atoms with E-state index >= 15 is 0 Å². The topological polar surface area (TPSA) is 116 Å². The number of carboxylic acid groups (broad SMARTS) is 2. The zero-order valence-corrected chi connectivity index (χ0v) is 15.6. The lowest BCUT2D eigenvalue weighted by atomic mass is 10.1. The number of hydrogen-bond donors (Lipinski definition) is 3. The zero-order chi connectivity index (χ0) is 20.4. The first kappa shape index (κ1) is 18.6. The summed E-state index contributed by atoms with van der Waals surface area (Å²) in [6.45, 7) is 0. The van der Waals surface area contributed by atoms with E-state index in [0.717, 1.165) is 22.8 Å². The highest BCUT2D eigenvalue weighted by molar-refractivity contribution is 8.04. The minimum atomic E-state index is -1.10. The van der Waals surface area contributed by atoms with Crippen LogP contribution in [0.2, 0.25) is 0 Å². The number of carboxylic acids is 2. The van der Waals surface area contributed by atoms with Gasteiger partial charge in [-0.2, -0.15) is 0 Å². The molecule has 0 amide bonds. The van der Waals surface area contributed by atoms with Gasteiger partial charge in [-0.25, -0.2) is 14.6 Å². The summed E-state index contributed by atoms with van der Waals surface area (Å²) >= 11 is 0.997. The number of benzene rings is 2. The van der Waals surface area contributed by atoms with Crippen molar-refractivity contribution in [2.45, 2.75) is 5.16 Å². The Hall–Kier alpha value is -3.78. The summed E-state index contributed by atoms with van der Waals surface area (Å²) in [5.41, 5.74) is 2.45. The second kappa shape index (κ2) is 7.69. The van der Waals surface area contributed by atoms with Gasteiger partial charge in [0.1, 0.15) is 16.4 Å². The summed E-state index contributed by atoms with van der Waals surface area (Å²) in [4.78, 5) is 30.1. The molecule has 0 aliphatic rings. The van der Waals surface area contributed by atoms with Gasteiger partial charge in [0.05, 0.1) is 16.6 Å². The fourth-order valence-electron chi connectivity index (χ4n) is 2.71. The number of aliphatic carboxylic acids is 1. The number of H-pyrrole nitrogens is 1. The second-order valence-electron chi connectivity index (χ2n) is 6.06. The first-order chi connectivity index (χ1) is 14.0. The number of aromatic nitrogens is 2. The van der Waals surface area contributed by atoms with Gasteiger partial charge in [-0.3, -0.25) is 0 Å². The predicted octanol–water partition coefficient (Wildman–Crippen LogP) is 4.74. The summed E-state index contributed by atoms with van der Waals surface area (Å²) in [5.74, 6) is -1.23. The zero-order valence-electron chi connectivity index (χ0n) is 14.8.